The number of carboxylic acids is 4. The largest absolute Gasteiger partial charge is 0.481 e. The van der Waals surface area contributed by atoms with Gasteiger partial charge >= 0.3 is 23.9 Å². The van der Waals surface area contributed by atoms with Crippen molar-refractivity contribution < 1.29 is 66.3 Å². The van der Waals surface area contributed by atoms with E-state index in [1.165, 1.54) is 0 Å². The molecule has 10 nitrogen and oxygen atoms in total. The van der Waals surface area contributed by atoms with E-state index in [4.69, 9.17) is 20.4 Å². The Morgan fingerprint density at radius 1 is 0.579 bits per heavy atom. The van der Waals surface area contributed by atoms with Crippen LogP contribution in [0, 0.1) is 0 Å². The van der Waals surface area contributed by atoms with Crippen LogP contribution in [0.25, 0.3) is 0 Å². The van der Waals surface area contributed by atoms with E-state index in [9.17, 15) is 28.8 Å². The van der Waals surface area contributed by atoms with E-state index in [0.29, 0.717) is 0 Å². The van der Waals surface area contributed by atoms with Gasteiger partial charge in [0, 0.05) is 17.1 Å². The van der Waals surface area contributed by atoms with Crippen LogP contribution in [0.4, 0.5) is 0 Å². The van der Waals surface area contributed by atoms with Crippen molar-refractivity contribution in [3.8, 4) is 0 Å². The van der Waals surface area contributed by atoms with Crippen molar-refractivity contribution in [1.82, 2.24) is 0 Å². The maximum Gasteiger partial charge on any atom is 0.372 e. The van der Waals surface area contributed by atoms with Crippen molar-refractivity contribution in [1.29, 1.82) is 0 Å². The summed E-state index contributed by atoms with van der Waals surface area (Å²) in [7, 11) is 0. The zero-order valence-corrected chi connectivity index (χ0v) is 9.90. The molecule has 0 aromatic heterocycles. The van der Waals surface area contributed by atoms with Gasteiger partial charge in [0.15, 0.2) is 0 Å². The number of carbonyl (C=O) groups excluding carboxylic acids is 2. The molecule has 0 atom stereocenters. The smallest absolute Gasteiger partial charge is 0.372 e. The van der Waals surface area contributed by atoms with Crippen LogP contribution < -0.4 is 0 Å². The normalized spacial score (nSPS) is 8.00. The van der Waals surface area contributed by atoms with Gasteiger partial charge in [0.1, 0.15) is 12.8 Å². The molecule has 11 heteroatoms. The Bertz CT molecular complexity index is 360. The predicted octanol–water partition coefficient (Wildman–Crippen LogP) is -1.77. The summed E-state index contributed by atoms with van der Waals surface area (Å²) >= 11 is 0. The molecule has 0 rings (SSSR count). The molecule has 0 bridgehead atoms. The van der Waals surface area contributed by atoms with Gasteiger partial charge in [-0.15, -0.1) is 0 Å². The van der Waals surface area contributed by atoms with Gasteiger partial charge in [0.05, 0.1) is 0 Å². The molecule has 0 aromatic carbocycles. The summed E-state index contributed by atoms with van der Waals surface area (Å²) in [4.78, 5) is 58.4. The monoisotopic (exact) mass is 327 g/mol. The van der Waals surface area contributed by atoms with Crippen LogP contribution in [-0.2, 0) is 45.8 Å². The SMILES string of the molecule is O=C(O)CC(=O)C(=O)O.O=C(O)CC(=O)C(=O)O.[Cu]. The molecule has 0 saturated heterocycles. The zero-order valence-electron chi connectivity index (χ0n) is 8.95. The first-order chi connectivity index (χ1) is 8.07. The Morgan fingerprint density at radius 2 is 0.789 bits per heavy atom. The molecule has 0 spiro atoms. The summed E-state index contributed by atoms with van der Waals surface area (Å²) in [5.74, 6) is -8.88. The van der Waals surface area contributed by atoms with E-state index in [1.807, 2.05) is 0 Å². The van der Waals surface area contributed by atoms with Gasteiger partial charge in [-0.25, -0.2) is 9.59 Å². The van der Waals surface area contributed by atoms with Crippen LogP contribution >= 0.6 is 0 Å². The van der Waals surface area contributed by atoms with Crippen molar-refractivity contribution in [3.05, 3.63) is 0 Å². The van der Waals surface area contributed by atoms with Gasteiger partial charge in [0.25, 0.3) is 11.6 Å². The van der Waals surface area contributed by atoms with E-state index in [-0.39, 0.29) is 17.1 Å². The molecule has 0 aromatic rings. The molecule has 0 unspecified atom stereocenters. The Kier molecular flexibility index (Phi) is 12.6. The number of carboxylic acid groups (broad SMARTS) is 4. The van der Waals surface area contributed by atoms with Gasteiger partial charge in [-0.05, 0) is 0 Å². The fourth-order valence-corrected chi connectivity index (χ4v) is 0.426. The summed E-state index contributed by atoms with van der Waals surface area (Å²) < 4.78 is 0. The topological polar surface area (TPSA) is 183 Å². The third-order valence-electron chi connectivity index (χ3n) is 1.10. The minimum absolute atomic E-state index is 0. The molecule has 4 N–H and O–H groups in total. The van der Waals surface area contributed by atoms with Crippen LogP contribution in [0.3, 0.4) is 0 Å². The molecule has 0 aliphatic rings. The van der Waals surface area contributed by atoms with Crippen molar-refractivity contribution >= 4 is 35.4 Å². The third kappa shape index (κ3) is 15.7. The fraction of sp³-hybridized carbons (Fsp3) is 0.250. The fourth-order valence-electron chi connectivity index (χ4n) is 0.426. The number of hydrogen-bond acceptors (Lipinski definition) is 6. The Balaban J connectivity index is -0.000000256. The van der Waals surface area contributed by atoms with Crippen molar-refractivity contribution in [2.45, 2.75) is 12.8 Å². The molecular formula is C8H8CuO10. The van der Waals surface area contributed by atoms with E-state index in [1.54, 1.807) is 0 Å². The predicted molar refractivity (Wildman–Crippen MR) is 49.8 cm³/mol. The Labute approximate surface area is 115 Å². The molecule has 1 radical (unpaired) electrons. The third-order valence-corrected chi connectivity index (χ3v) is 1.10. The summed E-state index contributed by atoms with van der Waals surface area (Å²) in [5, 5.41) is 31.3. The van der Waals surface area contributed by atoms with Gasteiger partial charge in [-0.3, -0.25) is 19.2 Å². The zero-order chi connectivity index (χ0) is 14.9. The number of carbonyl (C=O) groups is 6. The van der Waals surface area contributed by atoms with Crippen LogP contribution in [-0.4, -0.2) is 55.9 Å². The number of Topliss-reactive ketones (excluding diaryl/α,β-unsaturated/α-hetero) is 2. The molecule has 0 aliphatic carbocycles. The van der Waals surface area contributed by atoms with Gasteiger partial charge in [-0.1, -0.05) is 0 Å². The second kappa shape index (κ2) is 10.9. The molecule has 0 saturated carbocycles. The first-order valence-corrected chi connectivity index (χ1v) is 4.03. The second-order valence-corrected chi connectivity index (χ2v) is 2.60. The number of aliphatic carboxylic acids is 4. The first kappa shape index (κ1) is 22.0. The quantitative estimate of drug-likeness (QED) is 0.247. The van der Waals surface area contributed by atoms with E-state index >= 15 is 0 Å². The molecule has 0 amide bonds. The minimum atomic E-state index is -1.71. The second-order valence-electron chi connectivity index (χ2n) is 2.60. The van der Waals surface area contributed by atoms with Gasteiger partial charge < -0.3 is 20.4 Å². The average Bonchev–Trinajstić information content (AvgIpc) is 2.16. The Morgan fingerprint density at radius 3 is 0.842 bits per heavy atom. The number of rotatable bonds is 6. The standard InChI is InChI=1S/2C4H4O5.Cu/c2*5-2(4(8)9)1-3(6)7;/h2*1H2,(H,6,7)(H,8,9);. The van der Waals surface area contributed by atoms with Crippen LogP contribution in [0.15, 0.2) is 0 Å². The van der Waals surface area contributed by atoms with Crippen molar-refractivity contribution in [3.63, 3.8) is 0 Å². The van der Waals surface area contributed by atoms with Crippen molar-refractivity contribution in [2.75, 3.05) is 0 Å². The molecule has 0 aliphatic heterocycles. The molecule has 0 fully saturated rings. The van der Waals surface area contributed by atoms with Crippen molar-refractivity contribution in [2.24, 2.45) is 0 Å². The molecule has 111 valence electrons. The summed E-state index contributed by atoms with van der Waals surface area (Å²) in [6.45, 7) is 0. The van der Waals surface area contributed by atoms with Gasteiger partial charge in [0.2, 0.25) is 0 Å². The van der Waals surface area contributed by atoms with Crippen LogP contribution in [0.2, 0.25) is 0 Å². The molecule has 19 heavy (non-hydrogen) atoms. The number of hydrogen-bond donors (Lipinski definition) is 4. The van der Waals surface area contributed by atoms with Crippen LogP contribution in [0.5, 0.6) is 0 Å². The Hall–Kier alpha value is -2.26. The van der Waals surface area contributed by atoms with Gasteiger partial charge in [-0.2, -0.15) is 0 Å². The summed E-state index contributed by atoms with van der Waals surface area (Å²) in [6, 6.07) is 0. The molecule has 0 heterocycles. The van der Waals surface area contributed by atoms with E-state index in [2.05, 4.69) is 0 Å². The number of ketones is 2. The average molecular weight is 328 g/mol. The minimum Gasteiger partial charge on any atom is -0.481 e. The van der Waals surface area contributed by atoms with E-state index < -0.39 is 48.3 Å². The first-order valence-electron chi connectivity index (χ1n) is 4.03. The maximum absolute atomic E-state index is 9.97. The summed E-state index contributed by atoms with van der Waals surface area (Å²) in [6.07, 6.45) is -1.90. The summed E-state index contributed by atoms with van der Waals surface area (Å²) in [5.41, 5.74) is 0. The maximum atomic E-state index is 9.97. The molecular weight excluding hydrogens is 320 g/mol. The van der Waals surface area contributed by atoms with Crippen LogP contribution in [0.1, 0.15) is 12.8 Å². The van der Waals surface area contributed by atoms with E-state index in [0.717, 1.165) is 0 Å².